The lowest BCUT2D eigenvalue weighted by molar-refractivity contribution is 0.497. The Labute approximate surface area is 94.7 Å². The van der Waals surface area contributed by atoms with Gasteiger partial charge in [0.25, 0.3) is 0 Å². The monoisotopic (exact) mass is 232 g/mol. The second kappa shape index (κ2) is 3.89. The summed E-state index contributed by atoms with van der Waals surface area (Å²) in [5, 5.41) is 2.32. The van der Waals surface area contributed by atoms with Crippen molar-refractivity contribution in [1.29, 1.82) is 0 Å². The maximum atomic E-state index is 11.6. The van der Waals surface area contributed by atoms with Crippen LogP contribution in [0, 0.1) is 0 Å². The molecule has 0 aliphatic rings. The van der Waals surface area contributed by atoms with Crippen LogP contribution in [0.5, 0.6) is 0 Å². The molecule has 1 N–H and O–H groups in total. The van der Waals surface area contributed by atoms with E-state index in [0.717, 1.165) is 16.3 Å². The highest BCUT2D eigenvalue weighted by atomic mass is 31.2. The van der Waals surface area contributed by atoms with Crippen molar-refractivity contribution in [1.82, 2.24) is 0 Å². The lowest BCUT2D eigenvalue weighted by atomic mass is 10.0. The van der Waals surface area contributed by atoms with E-state index in [1.165, 1.54) is 6.66 Å². The minimum absolute atomic E-state index is 0.310. The second-order valence-electron chi connectivity index (χ2n) is 3.85. The highest BCUT2D eigenvalue weighted by Crippen LogP contribution is 2.51. The predicted molar refractivity (Wildman–Crippen MR) is 68.7 cm³/mol. The molecule has 0 fully saturated rings. The SMILES string of the molecule is C=C(c1cccc2ccccc12)P(C)(=O)O. The Balaban J connectivity index is 2.71. The maximum absolute atomic E-state index is 11.6. The molecule has 0 heterocycles. The molecule has 0 radical (unpaired) electrons. The summed E-state index contributed by atoms with van der Waals surface area (Å²) in [5.74, 6) is 0. The van der Waals surface area contributed by atoms with Gasteiger partial charge in [-0.1, -0.05) is 49.0 Å². The highest BCUT2D eigenvalue weighted by Gasteiger charge is 2.18. The number of hydrogen-bond acceptors (Lipinski definition) is 1. The Morgan fingerprint density at radius 2 is 1.81 bits per heavy atom. The second-order valence-corrected chi connectivity index (χ2v) is 6.15. The number of rotatable bonds is 2. The van der Waals surface area contributed by atoms with Crippen molar-refractivity contribution in [2.24, 2.45) is 0 Å². The first-order valence-electron chi connectivity index (χ1n) is 4.98. The molecular formula is C13H13O2P. The standard InChI is InChI=1S/C13H13O2P/c1-10(16(2,14)15)12-9-5-7-11-6-3-4-8-13(11)12/h3-9H,1H2,2H3,(H,14,15). The molecule has 0 saturated heterocycles. The number of fused-ring (bicyclic) bond motifs is 1. The van der Waals surface area contributed by atoms with Gasteiger partial charge in [0, 0.05) is 12.0 Å². The minimum Gasteiger partial charge on any atom is -0.341 e. The van der Waals surface area contributed by atoms with Gasteiger partial charge in [-0.2, -0.15) is 0 Å². The van der Waals surface area contributed by atoms with Crippen LogP contribution in [0.1, 0.15) is 5.56 Å². The predicted octanol–water partition coefficient (Wildman–Crippen LogP) is 3.71. The summed E-state index contributed by atoms with van der Waals surface area (Å²) in [6, 6.07) is 13.5. The van der Waals surface area contributed by atoms with E-state index in [9.17, 15) is 9.46 Å². The molecule has 2 nitrogen and oxygen atoms in total. The van der Waals surface area contributed by atoms with Crippen molar-refractivity contribution >= 4 is 23.5 Å². The normalized spacial score (nSPS) is 14.6. The molecule has 2 aromatic rings. The van der Waals surface area contributed by atoms with E-state index in [1.807, 2.05) is 42.5 Å². The fourth-order valence-electron chi connectivity index (χ4n) is 1.70. The van der Waals surface area contributed by atoms with Gasteiger partial charge in [-0.05, 0) is 16.3 Å². The van der Waals surface area contributed by atoms with Crippen LogP contribution < -0.4 is 0 Å². The Morgan fingerprint density at radius 1 is 1.19 bits per heavy atom. The van der Waals surface area contributed by atoms with E-state index in [4.69, 9.17) is 0 Å². The molecule has 2 aromatic carbocycles. The van der Waals surface area contributed by atoms with Crippen LogP contribution in [0.25, 0.3) is 16.1 Å². The van der Waals surface area contributed by atoms with Gasteiger partial charge in [0.2, 0.25) is 7.37 Å². The van der Waals surface area contributed by atoms with Gasteiger partial charge in [-0.25, -0.2) is 0 Å². The van der Waals surface area contributed by atoms with Crippen LogP contribution in [0.15, 0.2) is 49.0 Å². The summed E-state index contributed by atoms with van der Waals surface area (Å²) in [6.07, 6.45) is 0. The quantitative estimate of drug-likeness (QED) is 0.801. The van der Waals surface area contributed by atoms with Gasteiger partial charge in [0.1, 0.15) is 0 Å². The van der Waals surface area contributed by atoms with Crippen molar-refractivity contribution < 1.29 is 9.46 Å². The molecule has 16 heavy (non-hydrogen) atoms. The largest absolute Gasteiger partial charge is 0.341 e. The van der Waals surface area contributed by atoms with Gasteiger partial charge >= 0.3 is 0 Å². The van der Waals surface area contributed by atoms with Crippen LogP contribution >= 0.6 is 7.37 Å². The van der Waals surface area contributed by atoms with Gasteiger partial charge in [-0.15, -0.1) is 0 Å². The Morgan fingerprint density at radius 3 is 2.50 bits per heavy atom. The lowest BCUT2D eigenvalue weighted by Gasteiger charge is -2.12. The maximum Gasteiger partial charge on any atom is 0.226 e. The fourth-order valence-corrected chi connectivity index (χ4v) is 2.34. The first-order chi connectivity index (χ1) is 7.50. The summed E-state index contributed by atoms with van der Waals surface area (Å²) < 4.78 is 11.6. The zero-order chi connectivity index (χ0) is 11.8. The molecule has 1 atom stereocenters. The third kappa shape index (κ3) is 1.95. The highest BCUT2D eigenvalue weighted by molar-refractivity contribution is 7.68. The molecular weight excluding hydrogens is 219 g/mol. The van der Waals surface area contributed by atoms with Gasteiger partial charge in [0.05, 0.1) is 0 Å². The average molecular weight is 232 g/mol. The van der Waals surface area contributed by atoms with Crippen molar-refractivity contribution in [3.63, 3.8) is 0 Å². The molecule has 0 amide bonds. The third-order valence-electron chi connectivity index (χ3n) is 2.60. The zero-order valence-corrected chi connectivity index (χ0v) is 9.95. The van der Waals surface area contributed by atoms with E-state index in [1.54, 1.807) is 0 Å². The number of benzene rings is 2. The molecule has 0 bridgehead atoms. The van der Waals surface area contributed by atoms with Crippen LogP contribution in [-0.4, -0.2) is 11.6 Å². The van der Waals surface area contributed by atoms with E-state index >= 15 is 0 Å². The van der Waals surface area contributed by atoms with Gasteiger partial charge in [0.15, 0.2) is 0 Å². The van der Waals surface area contributed by atoms with Crippen LogP contribution in [0.4, 0.5) is 0 Å². The molecule has 82 valence electrons. The van der Waals surface area contributed by atoms with Crippen molar-refractivity contribution in [3.05, 3.63) is 54.6 Å². The molecule has 1 unspecified atom stereocenters. The summed E-state index contributed by atoms with van der Waals surface area (Å²) in [7, 11) is -3.28. The van der Waals surface area contributed by atoms with E-state index in [0.29, 0.717) is 5.31 Å². The Kier molecular flexibility index (Phi) is 2.71. The molecule has 0 aliphatic carbocycles. The lowest BCUT2D eigenvalue weighted by Crippen LogP contribution is -1.86. The summed E-state index contributed by atoms with van der Waals surface area (Å²) in [6.45, 7) is 5.05. The third-order valence-corrected chi connectivity index (χ3v) is 3.84. The van der Waals surface area contributed by atoms with Crippen LogP contribution in [-0.2, 0) is 4.57 Å². The van der Waals surface area contributed by atoms with Crippen LogP contribution in [0.3, 0.4) is 0 Å². The van der Waals surface area contributed by atoms with Gasteiger partial charge < -0.3 is 4.89 Å². The first-order valence-corrected chi connectivity index (χ1v) is 7.09. The van der Waals surface area contributed by atoms with E-state index < -0.39 is 7.37 Å². The molecule has 0 aromatic heterocycles. The zero-order valence-electron chi connectivity index (χ0n) is 9.05. The smallest absolute Gasteiger partial charge is 0.226 e. The van der Waals surface area contributed by atoms with Crippen molar-refractivity contribution in [2.45, 2.75) is 0 Å². The Bertz CT molecular complexity index is 590. The number of hydrogen-bond donors (Lipinski definition) is 1. The molecule has 0 spiro atoms. The molecule has 3 heteroatoms. The summed E-state index contributed by atoms with van der Waals surface area (Å²) in [5.41, 5.74) is 0.756. The van der Waals surface area contributed by atoms with Gasteiger partial charge in [-0.3, -0.25) is 4.57 Å². The van der Waals surface area contributed by atoms with Crippen molar-refractivity contribution in [2.75, 3.05) is 6.66 Å². The summed E-state index contributed by atoms with van der Waals surface area (Å²) in [4.78, 5) is 9.56. The Hall–Kier alpha value is -1.37. The minimum atomic E-state index is -3.28. The molecule has 0 aliphatic heterocycles. The fraction of sp³-hybridized carbons (Fsp3) is 0.0769. The van der Waals surface area contributed by atoms with Crippen LogP contribution in [0.2, 0.25) is 0 Å². The topological polar surface area (TPSA) is 37.3 Å². The molecule has 2 rings (SSSR count). The average Bonchev–Trinajstić information content (AvgIpc) is 2.26. The van der Waals surface area contributed by atoms with E-state index in [2.05, 4.69) is 6.58 Å². The first kappa shape index (κ1) is 11.1. The van der Waals surface area contributed by atoms with Crippen molar-refractivity contribution in [3.8, 4) is 0 Å². The van der Waals surface area contributed by atoms with E-state index in [-0.39, 0.29) is 0 Å². The molecule has 0 saturated carbocycles. The summed E-state index contributed by atoms with van der Waals surface area (Å²) >= 11 is 0.